The van der Waals surface area contributed by atoms with E-state index >= 15 is 0 Å². The number of amides is 2. The van der Waals surface area contributed by atoms with Crippen molar-refractivity contribution < 1.29 is 18.0 Å². The number of carbonyl (C=O) groups excluding carboxylic acids is 2. The zero-order valence-electron chi connectivity index (χ0n) is 11.2. The molecule has 3 rings (SSSR count). The molecule has 7 nitrogen and oxygen atoms in total. The van der Waals surface area contributed by atoms with Gasteiger partial charge in [0.05, 0.1) is 5.56 Å². The number of fused-ring (bicyclic) bond motifs is 1. The maximum Gasteiger partial charge on any atom is 0.260 e. The van der Waals surface area contributed by atoms with Gasteiger partial charge in [0.25, 0.3) is 5.91 Å². The van der Waals surface area contributed by atoms with Crippen molar-refractivity contribution in [3.8, 4) is 0 Å². The van der Waals surface area contributed by atoms with Crippen LogP contribution in [-0.2, 0) is 27.3 Å². The van der Waals surface area contributed by atoms with E-state index < -0.39 is 17.9 Å². The summed E-state index contributed by atoms with van der Waals surface area (Å²) in [6, 6.07) is 4.00. The molecule has 2 aliphatic rings. The molecule has 1 aromatic carbocycles. The average molecular weight is 337 g/mol. The maximum absolute atomic E-state index is 12.6. The summed E-state index contributed by atoms with van der Waals surface area (Å²) in [5, 5.41) is 2.48. The van der Waals surface area contributed by atoms with E-state index in [2.05, 4.69) is 5.32 Å². The van der Waals surface area contributed by atoms with Gasteiger partial charge in [0, 0.05) is 17.7 Å². The fraction of sp³-hybridized carbons (Fsp3) is 0.231. The van der Waals surface area contributed by atoms with Gasteiger partial charge in [0.2, 0.25) is 5.91 Å². The molecular weight excluding hydrogens is 326 g/mol. The zero-order valence-corrected chi connectivity index (χ0v) is 12.8. The van der Waals surface area contributed by atoms with Crippen LogP contribution in [0, 0.1) is 0 Å². The number of benzene rings is 1. The van der Waals surface area contributed by atoms with E-state index in [1.165, 1.54) is 4.90 Å². The lowest BCUT2D eigenvalue weighted by atomic mass is 10.1. The number of carbonyl (C=O) groups is 2. The number of hydrogen-bond donors (Lipinski definition) is 2. The Balaban J connectivity index is 2.05. The second-order valence-electron chi connectivity index (χ2n) is 4.88. The molecule has 0 aliphatic carbocycles. The first-order chi connectivity index (χ1) is 10.6. The molecule has 2 aliphatic heterocycles. The van der Waals surface area contributed by atoms with E-state index in [-0.39, 0.29) is 27.5 Å². The Morgan fingerprint density at radius 2 is 2.00 bits per heavy atom. The molecule has 0 saturated carbocycles. The molecule has 22 heavy (non-hydrogen) atoms. The SMILES string of the molecule is Nc1cccc2c1C(=S=O)N(C1CCC(=S=O)NC1=O)C2=O. The van der Waals surface area contributed by atoms with Gasteiger partial charge in [-0.05, 0) is 18.6 Å². The molecule has 1 atom stereocenters. The summed E-state index contributed by atoms with van der Waals surface area (Å²) in [7, 11) is 0. The summed E-state index contributed by atoms with van der Waals surface area (Å²) >= 11 is 0.370. The summed E-state index contributed by atoms with van der Waals surface area (Å²) in [5.41, 5.74) is 6.89. The van der Waals surface area contributed by atoms with Crippen LogP contribution in [0.25, 0.3) is 0 Å². The smallest absolute Gasteiger partial charge is 0.260 e. The predicted octanol–water partition coefficient (Wildman–Crippen LogP) is -0.963. The first kappa shape index (κ1) is 14.7. The molecule has 114 valence electrons. The topological polar surface area (TPSA) is 110 Å². The van der Waals surface area contributed by atoms with E-state index in [1.54, 1.807) is 18.2 Å². The van der Waals surface area contributed by atoms with Gasteiger partial charge in [-0.15, -0.1) is 0 Å². The highest BCUT2D eigenvalue weighted by Gasteiger charge is 2.43. The Bertz CT molecular complexity index is 810. The van der Waals surface area contributed by atoms with Gasteiger partial charge in [-0.1, -0.05) is 6.07 Å². The largest absolute Gasteiger partial charge is 0.398 e. The van der Waals surface area contributed by atoms with Crippen molar-refractivity contribution >= 4 is 50.0 Å². The van der Waals surface area contributed by atoms with Crippen LogP contribution >= 0.6 is 0 Å². The van der Waals surface area contributed by atoms with E-state index in [1.807, 2.05) is 0 Å². The van der Waals surface area contributed by atoms with E-state index in [9.17, 15) is 18.0 Å². The van der Waals surface area contributed by atoms with Crippen LogP contribution in [0.15, 0.2) is 18.2 Å². The van der Waals surface area contributed by atoms with Crippen molar-refractivity contribution in [1.29, 1.82) is 0 Å². The van der Waals surface area contributed by atoms with Crippen molar-refractivity contribution in [3.05, 3.63) is 29.3 Å². The molecule has 0 radical (unpaired) electrons. The van der Waals surface area contributed by atoms with Crippen LogP contribution in [-0.4, -0.2) is 41.2 Å². The quantitative estimate of drug-likeness (QED) is 0.506. The minimum absolute atomic E-state index is 0.136. The monoisotopic (exact) mass is 337 g/mol. The van der Waals surface area contributed by atoms with Crippen LogP contribution in [0.2, 0.25) is 0 Å². The van der Waals surface area contributed by atoms with E-state index in [4.69, 9.17) is 5.73 Å². The zero-order chi connectivity index (χ0) is 15.9. The molecule has 1 aromatic rings. The lowest BCUT2D eigenvalue weighted by Crippen LogP contribution is -2.54. The number of nitrogen functional groups attached to an aromatic ring is 1. The van der Waals surface area contributed by atoms with Crippen LogP contribution in [0.5, 0.6) is 0 Å². The highest BCUT2D eigenvalue weighted by molar-refractivity contribution is 7.67. The Hall–Kier alpha value is -2.26. The van der Waals surface area contributed by atoms with Gasteiger partial charge < -0.3 is 11.1 Å². The number of nitrogens with one attached hydrogen (secondary N) is 1. The summed E-state index contributed by atoms with van der Waals surface area (Å²) < 4.78 is 22.3. The maximum atomic E-state index is 12.6. The lowest BCUT2D eigenvalue weighted by molar-refractivity contribution is -0.123. The van der Waals surface area contributed by atoms with Crippen molar-refractivity contribution in [2.24, 2.45) is 0 Å². The first-order valence-corrected chi connectivity index (χ1v) is 7.92. The molecule has 1 saturated heterocycles. The molecule has 0 spiro atoms. The van der Waals surface area contributed by atoms with Crippen LogP contribution < -0.4 is 11.1 Å². The Morgan fingerprint density at radius 1 is 1.23 bits per heavy atom. The lowest BCUT2D eigenvalue weighted by Gasteiger charge is -2.29. The minimum Gasteiger partial charge on any atom is -0.398 e. The summed E-state index contributed by atoms with van der Waals surface area (Å²) in [5.74, 6) is -0.880. The highest BCUT2D eigenvalue weighted by atomic mass is 32.1. The van der Waals surface area contributed by atoms with Crippen LogP contribution in [0.1, 0.15) is 28.8 Å². The van der Waals surface area contributed by atoms with Gasteiger partial charge in [0.15, 0.2) is 0 Å². The van der Waals surface area contributed by atoms with Crippen molar-refractivity contribution in [3.63, 3.8) is 0 Å². The third-order valence-corrected chi connectivity index (χ3v) is 4.75. The van der Waals surface area contributed by atoms with Crippen molar-refractivity contribution in [2.45, 2.75) is 18.9 Å². The van der Waals surface area contributed by atoms with Gasteiger partial charge in [-0.2, -0.15) is 0 Å². The minimum atomic E-state index is -0.813. The molecular formula is C13H11N3O4S2. The first-order valence-electron chi connectivity index (χ1n) is 6.44. The number of rotatable bonds is 1. The third-order valence-electron chi connectivity index (χ3n) is 3.68. The molecule has 0 bridgehead atoms. The molecule has 1 fully saturated rings. The predicted molar refractivity (Wildman–Crippen MR) is 83.6 cm³/mol. The van der Waals surface area contributed by atoms with Gasteiger partial charge >= 0.3 is 0 Å². The van der Waals surface area contributed by atoms with E-state index in [0.29, 0.717) is 34.6 Å². The number of nitrogens with zero attached hydrogens (tertiary/aromatic N) is 1. The number of anilines is 1. The van der Waals surface area contributed by atoms with Gasteiger partial charge in [0.1, 0.15) is 38.5 Å². The number of nitrogens with two attached hydrogens (primary N) is 1. The Kier molecular flexibility index (Phi) is 3.67. The molecule has 0 aromatic heterocycles. The average Bonchev–Trinajstić information content (AvgIpc) is 2.81. The third kappa shape index (κ3) is 2.09. The Labute approximate surface area is 132 Å². The van der Waals surface area contributed by atoms with Gasteiger partial charge in [-0.25, -0.2) is 8.42 Å². The standard InChI is InChI=1S/C13H11N3O4S2/c14-7-3-1-2-6-10(7)13(22-20)16(12(6)18)8-4-5-9(21-19)15-11(8)17/h1-3,8H,4-5,14H2,(H,15,17). The van der Waals surface area contributed by atoms with Crippen molar-refractivity contribution in [1.82, 2.24) is 10.2 Å². The van der Waals surface area contributed by atoms with Crippen molar-refractivity contribution in [2.75, 3.05) is 5.73 Å². The summed E-state index contributed by atoms with van der Waals surface area (Å²) in [6.07, 6.45) is 0.650. The van der Waals surface area contributed by atoms with E-state index in [0.717, 1.165) is 0 Å². The van der Waals surface area contributed by atoms with Crippen LogP contribution in [0.4, 0.5) is 5.69 Å². The summed E-state index contributed by atoms with van der Waals surface area (Å²) in [6.45, 7) is 0. The Morgan fingerprint density at radius 3 is 2.64 bits per heavy atom. The summed E-state index contributed by atoms with van der Waals surface area (Å²) in [4.78, 5) is 26.4. The van der Waals surface area contributed by atoms with Crippen LogP contribution in [0.3, 0.4) is 0 Å². The molecule has 1 unspecified atom stereocenters. The highest BCUT2D eigenvalue weighted by Crippen LogP contribution is 2.30. The second kappa shape index (κ2) is 5.50. The molecule has 2 amide bonds. The molecule has 2 heterocycles. The number of hydrogen-bond acceptors (Lipinski definition) is 5. The number of piperidine rings is 1. The normalized spacial score (nSPS) is 20.7. The molecule has 3 N–H and O–H groups in total. The fourth-order valence-electron chi connectivity index (χ4n) is 2.69. The molecule has 9 heteroatoms. The van der Waals surface area contributed by atoms with Gasteiger partial charge in [-0.3, -0.25) is 14.5 Å². The fourth-order valence-corrected chi connectivity index (χ4v) is 3.63. The second-order valence-corrected chi connectivity index (χ2v) is 6.10.